The Morgan fingerprint density at radius 1 is 0.292 bits per heavy atom. The van der Waals surface area contributed by atoms with Crippen molar-refractivity contribution in [1.82, 2.24) is 0 Å². The predicted octanol–water partition coefficient (Wildman–Crippen LogP) is 22.9. The molecule has 0 saturated carbocycles. The van der Waals surface area contributed by atoms with Gasteiger partial charge in [-0.2, -0.15) is 15.8 Å². The highest BCUT2D eigenvalue weighted by atomic mass is 32.1. The second kappa shape index (κ2) is 20.0. The molecule has 0 aliphatic heterocycles. The summed E-state index contributed by atoms with van der Waals surface area (Å²) in [4.78, 5) is 5.00. The number of hydrogen-bond acceptors (Lipinski definition) is 5. The Balaban J connectivity index is 0.682. The summed E-state index contributed by atoms with van der Waals surface area (Å²) in [6, 6.07) is 112. The van der Waals surface area contributed by atoms with Gasteiger partial charge in [-0.3, -0.25) is 0 Å². The standard InChI is InChI=1S/C90H47N4OS/c91-48-52-12-9-15-56(36-52)60-27-32-81-75(45-60)87-82(89(81)76-22-5-1-18-65(76)66-19-2-6-23-77(66)89)33-30-69-74-44-62(29-35-86(74)96-88(69)87)63-39-55(50-93)40-64(41-63)94-51-54-14-11-17-58(38-54)59-26-31-80-70(42-59)71-46-73-72-43-61(57-16-10-13-53(37-57)49-92)28-34-84(72)95-85(73)47-83(71)90(80)78-24-7-3-20-67(78)68-21-4-8-25-79(68)90/h1-47H/q+1. The van der Waals surface area contributed by atoms with Crippen LogP contribution in [0.3, 0.4) is 0 Å². The lowest BCUT2D eigenvalue weighted by Crippen LogP contribution is -2.25. The number of nitriles is 3. The van der Waals surface area contributed by atoms with Crippen LogP contribution >= 0.6 is 11.3 Å². The van der Waals surface area contributed by atoms with Gasteiger partial charge < -0.3 is 4.42 Å². The molecule has 0 unspecified atom stereocenters. The predicted molar refractivity (Wildman–Crippen MR) is 388 cm³/mol. The molecule has 4 aliphatic carbocycles. The molecule has 16 aromatic rings. The van der Waals surface area contributed by atoms with Crippen molar-refractivity contribution in [3.05, 3.63) is 357 Å². The molecule has 438 valence electrons. The summed E-state index contributed by atoms with van der Waals surface area (Å²) in [5.74, 6) is 0. The Morgan fingerprint density at radius 3 is 1.38 bits per heavy atom. The Hall–Kier alpha value is -12.9. The summed E-state index contributed by atoms with van der Waals surface area (Å²) in [6.07, 6.45) is 0. The van der Waals surface area contributed by atoms with Crippen molar-refractivity contribution in [3.63, 3.8) is 0 Å². The maximum atomic E-state index is 10.6. The lowest BCUT2D eigenvalue weighted by molar-refractivity contribution is 0.666. The monoisotopic (exact) mass is 1230 g/mol. The van der Waals surface area contributed by atoms with Crippen LogP contribution in [-0.4, -0.2) is 0 Å². The van der Waals surface area contributed by atoms with Crippen LogP contribution in [0.1, 0.15) is 66.8 Å². The van der Waals surface area contributed by atoms with Gasteiger partial charge in [0.1, 0.15) is 16.7 Å². The quantitative estimate of drug-likeness (QED) is 0.176. The molecule has 6 heteroatoms. The van der Waals surface area contributed by atoms with E-state index in [1.807, 2.05) is 65.9 Å². The minimum atomic E-state index is -0.581. The van der Waals surface area contributed by atoms with Gasteiger partial charge in [0, 0.05) is 48.6 Å². The van der Waals surface area contributed by atoms with E-state index >= 15 is 0 Å². The third kappa shape index (κ3) is 7.40. The number of hydrogen-bond donors (Lipinski definition) is 0. The zero-order chi connectivity index (χ0) is 63.5. The first-order chi connectivity index (χ1) is 47.4. The molecule has 0 saturated heterocycles. The fourth-order valence-corrected chi connectivity index (χ4v) is 18.2. The van der Waals surface area contributed by atoms with E-state index in [4.69, 9.17) is 9.26 Å². The molecule has 4 aliphatic rings. The number of thiophene rings is 1. The molecule has 5 nitrogen and oxygen atoms in total. The number of rotatable bonds is 4. The van der Waals surface area contributed by atoms with Crippen LogP contribution in [0.25, 0.3) is 136 Å². The highest BCUT2D eigenvalue weighted by Gasteiger charge is 2.54. The topological polar surface area (TPSA) is 88.9 Å². The molecule has 2 spiro atoms. The summed E-state index contributed by atoms with van der Waals surface area (Å²) in [6.45, 7) is 0. The zero-order valence-electron chi connectivity index (χ0n) is 51.2. The summed E-state index contributed by atoms with van der Waals surface area (Å²) < 4.78 is 9.21. The maximum absolute atomic E-state index is 10.6. The molecule has 0 atom stereocenters. The summed E-state index contributed by atoms with van der Waals surface area (Å²) in [5.41, 5.74) is 31.6. The Bertz CT molecular complexity index is 6330. The second-order valence-corrected chi connectivity index (χ2v) is 26.7. The van der Waals surface area contributed by atoms with Crippen molar-refractivity contribution in [2.75, 3.05) is 0 Å². The third-order valence-corrected chi connectivity index (χ3v) is 22.1. The molecule has 14 aromatic carbocycles. The fourth-order valence-electron chi connectivity index (χ4n) is 16.9. The van der Waals surface area contributed by atoms with E-state index in [0.717, 1.165) is 83.0 Å². The molecule has 0 amide bonds. The first-order valence-electron chi connectivity index (χ1n) is 32.2. The highest BCUT2D eigenvalue weighted by molar-refractivity contribution is 7.26. The van der Waals surface area contributed by atoms with E-state index in [1.54, 1.807) is 0 Å². The first kappa shape index (κ1) is 53.7. The molecular formula is C90H47N4OS+. The second-order valence-electron chi connectivity index (χ2n) is 25.7. The van der Waals surface area contributed by atoms with Crippen LogP contribution in [0.5, 0.6) is 0 Å². The van der Waals surface area contributed by atoms with E-state index in [0.29, 0.717) is 22.4 Å². The van der Waals surface area contributed by atoms with Gasteiger partial charge in [-0.25, -0.2) is 0 Å². The number of fused-ring (bicyclic) bond motifs is 27. The lowest BCUT2D eigenvalue weighted by Gasteiger charge is -2.30. The zero-order valence-corrected chi connectivity index (χ0v) is 52.1. The molecule has 0 bridgehead atoms. The molecule has 0 radical (unpaired) electrons. The van der Waals surface area contributed by atoms with Gasteiger partial charge in [0.25, 0.3) is 0 Å². The Morgan fingerprint density at radius 2 is 0.750 bits per heavy atom. The van der Waals surface area contributed by atoms with Crippen molar-refractivity contribution in [2.45, 2.75) is 10.8 Å². The SMILES string of the molecule is N#Cc1cccc(-c2ccc3c(c2)-c2c(ccc4c2sc2ccc(-c5cc(C#N)cc([N+]#Cc6cccc(-c7ccc8c(c7)-c7cc9c(cc7C87c8ccccc8-c8ccccc87)oc7ccc(-c8cccc(C#N)c8)cc79)c6)c5)cc24)C32c3ccccc3-c3ccccc32)c1. The van der Waals surface area contributed by atoms with Crippen molar-refractivity contribution in [1.29, 1.82) is 15.8 Å². The fraction of sp³-hybridized carbons (Fsp3) is 0.0222. The smallest absolute Gasteiger partial charge is 0.342 e. The third-order valence-electron chi connectivity index (χ3n) is 20.9. The van der Waals surface area contributed by atoms with Crippen molar-refractivity contribution < 1.29 is 4.42 Å². The molecule has 2 aromatic heterocycles. The minimum absolute atomic E-state index is 0.514. The molecule has 0 N–H and O–H groups in total. The van der Waals surface area contributed by atoms with Crippen LogP contribution in [0, 0.1) is 40.1 Å². The van der Waals surface area contributed by atoms with Crippen LogP contribution in [0.4, 0.5) is 5.69 Å². The summed E-state index contributed by atoms with van der Waals surface area (Å²) in [5, 5.41) is 34.7. The normalized spacial score (nSPS) is 13.3. The van der Waals surface area contributed by atoms with Crippen molar-refractivity contribution >= 4 is 59.1 Å². The highest BCUT2D eigenvalue weighted by Crippen LogP contribution is 2.66. The van der Waals surface area contributed by atoms with Crippen molar-refractivity contribution in [2.24, 2.45) is 0 Å². The van der Waals surface area contributed by atoms with Gasteiger partial charge in [0.15, 0.2) is 0 Å². The van der Waals surface area contributed by atoms with Crippen LogP contribution in [-0.2, 0) is 10.8 Å². The summed E-state index contributed by atoms with van der Waals surface area (Å²) in [7, 11) is 0. The first-order valence-corrected chi connectivity index (χ1v) is 33.0. The van der Waals surface area contributed by atoms with Gasteiger partial charge in [0.2, 0.25) is 0 Å². The van der Waals surface area contributed by atoms with E-state index in [9.17, 15) is 15.8 Å². The average molecular weight is 1230 g/mol. The number of benzene rings is 14. The average Bonchev–Trinajstić information content (AvgIpc) is 1.51. The van der Waals surface area contributed by atoms with Crippen LogP contribution in [0.2, 0.25) is 0 Å². The Kier molecular flexibility index (Phi) is 11.2. The molecule has 20 rings (SSSR count). The van der Waals surface area contributed by atoms with Gasteiger partial charge in [-0.1, -0.05) is 182 Å². The van der Waals surface area contributed by atoms with Crippen molar-refractivity contribution in [3.8, 4) is 113 Å². The maximum Gasteiger partial charge on any atom is 0.342 e. The van der Waals surface area contributed by atoms with Gasteiger partial charge in [-0.15, -0.1) is 11.3 Å². The minimum Gasteiger partial charge on any atom is -0.456 e. The van der Waals surface area contributed by atoms with E-state index < -0.39 is 10.8 Å². The van der Waals surface area contributed by atoms with E-state index in [1.165, 1.54) is 98.2 Å². The van der Waals surface area contributed by atoms with Gasteiger partial charge >= 0.3 is 11.8 Å². The lowest BCUT2D eigenvalue weighted by atomic mass is 9.70. The molecular weight excluding hydrogens is 1190 g/mol. The van der Waals surface area contributed by atoms with E-state index in [2.05, 4.69) is 255 Å². The number of furan rings is 1. The van der Waals surface area contributed by atoms with Gasteiger partial charge in [0.05, 0.1) is 45.7 Å². The van der Waals surface area contributed by atoms with Crippen LogP contribution < -0.4 is 0 Å². The summed E-state index contributed by atoms with van der Waals surface area (Å²) >= 11 is 1.83. The molecule has 96 heavy (non-hydrogen) atoms. The Labute approximate surface area is 556 Å². The van der Waals surface area contributed by atoms with Gasteiger partial charge in [-0.05, 0) is 224 Å². The molecule has 0 fully saturated rings. The van der Waals surface area contributed by atoms with E-state index in [-0.39, 0.29) is 0 Å². The van der Waals surface area contributed by atoms with Crippen LogP contribution in [0.15, 0.2) is 290 Å². The largest absolute Gasteiger partial charge is 0.456 e. The molecule has 2 heterocycles. The number of nitrogens with zero attached hydrogens (tertiary/aromatic N) is 4.